The maximum atomic E-state index is 10.1. The first-order chi connectivity index (χ1) is 10.2. The van der Waals surface area contributed by atoms with Gasteiger partial charge in [0.25, 0.3) is 0 Å². The van der Waals surface area contributed by atoms with E-state index >= 15 is 0 Å². The van der Waals surface area contributed by atoms with Crippen LogP contribution in [0.15, 0.2) is 16.6 Å². The number of aliphatic hydroxyl groups excluding tert-OH is 1. The second-order valence-corrected chi connectivity index (χ2v) is 6.23. The highest BCUT2D eigenvalue weighted by molar-refractivity contribution is 9.10. The highest BCUT2D eigenvalue weighted by atomic mass is 79.9. The van der Waals surface area contributed by atoms with Crippen molar-refractivity contribution in [2.24, 2.45) is 0 Å². The lowest BCUT2D eigenvalue weighted by molar-refractivity contribution is 0.00503. The van der Waals surface area contributed by atoms with Crippen LogP contribution in [0.1, 0.15) is 38.2 Å². The minimum absolute atomic E-state index is 0.149. The van der Waals surface area contributed by atoms with Crippen LogP contribution in [-0.4, -0.2) is 31.0 Å². The van der Waals surface area contributed by atoms with Gasteiger partial charge in [-0.1, -0.05) is 6.42 Å². The largest absolute Gasteiger partial charge is 0.490 e. The Kier molecular flexibility index (Phi) is 6.33. The van der Waals surface area contributed by atoms with Crippen LogP contribution in [0.4, 0.5) is 0 Å². The molecule has 21 heavy (non-hydrogen) atoms. The van der Waals surface area contributed by atoms with Crippen molar-refractivity contribution in [2.75, 3.05) is 13.7 Å². The van der Waals surface area contributed by atoms with Gasteiger partial charge in [-0.15, -0.1) is 0 Å². The molecule has 1 aliphatic carbocycles. The van der Waals surface area contributed by atoms with E-state index in [9.17, 15) is 5.11 Å². The Balaban J connectivity index is 2.23. The molecular formula is C16H24BrNO3. The van der Waals surface area contributed by atoms with Crippen LogP contribution in [0.2, 0.25) is 0 Å². The summed E-state index contributed by atoms with van der Waals surface area (Å²) in [6.07, 6.45) is 3.33. The van der Waals surface area contributed by atoms with Gasteiger partial charge < -0.3 is 19.9 Å². The van der Waals surface area contributed by atoms with Crippen LogP contribution in [0, 0.1) is 0 Å². The van der Waals surface area contributed by atoms with Crippen LogP contribution in [-0.2, 0) is 6.54 Å². The fourth-order valence-electron chi connectivity index (χ4n) is 2.67. The topological polar surface area (TPSA) is 50.7 Å². The summed E-state index contributed by atoms with van der Waals surface area (Å²) in [5.74, 6) is 1.43. The predicted molar refractivity (Wildman–Crippen MR) is 87.0 cm³/mol. The standard InChI is InChI=1S/C16H24BrNO3/c1-3-20-15-9-11(10-18-2)8-12(17)16(15)21-14-7-5-4-6-13(14)19/h8-9,13-14,18-19H,3-7,10H2,1-2H3. The van der Waals surface area contributed by atoms with Crippen LogP contribution in [0.25, 0.3) is 0 Å². The zero-order valence-electron chi connectivity index (χ0n) is 12.7. The van der Waals surface area contributed by atoms with Gasteiger partial charge in [0, 0.05) is 6.54 Å². The Morgan fingerprint density at radius 3 is 2.76 bits per heavy atom. The van der Waals surface area contributed by atoms with Crippen LogP contribution < -0.4 is 14.8 Å². The summed E-state index contributed by atoms with van der Waals surface area (Å²) in [5.41, 5.74) is 1.13. The third-order valence-corrected chi connectivity index (χ3v) is 4.28. The number of hydrogen-bond acceptors (Lipinski definition) is 4. The number of aliphatic hydroxyl groups is 1. The van der Waals surface area contributed by atoms with Gasteiger partial charge in [0.2, 0.25) is 0 Å². The molecule has 2 unspecified atom stereocenters. The Bertz CT molecular complexity index is 467. The molecule has 1 fully saturated rings. The summed E-state index contributed by atoms with van der Waals surface area (Å²) >= 11 is 3.57. The molecule has 0 amide bonds. The number of benzene rings is 1. The smallest absolute Gasteiger partial charge is 0.175 e. The van der Waals surface area contributed by atoms with Gasteiger partial charge in [0.15, 0.2) is 11.5 Å². The minimum atomic E-state index is -0.392. The Morgan fingerprint density at radius 2 is 2.10 bits per heavy atom. The lowest BCUT2D eigenvalue weighted by Gasteiger charge is -2.29. The minimum Gasteiger partial charge on any atom is -0.490 e. The van der Waals surface area contributed by atoms with E-state index in [-0.39, 0.29) is 6.10 Å². The van der Waals surface area contributed by atoms with Crippen molar-refractivity contribution in [2.45, 2.75) is 51.4 Å². The van der Waals surface area contributed by atoms with E-state index in [1.54, 1.807) is 0 Å². The van der Waals surface area contributed by atoms with Crippen LogP contribution >= 0.6 is 15.9 Å². The summed E-state index contributed by atoms with van der Waals surface area (Å²) in [6, 6.07) is 4.03. The normalized spacial score (nSPS) is 22.1. The lowest BCUT2D eigenvalue weighted by Crippen LogP contribution is -2.34. The average Bonchev–Trinajstić information content (AvgIpc) is 2.45. The first-order valence-corrected chi connectivity index (χ1v) is 8.39. The van der Waals surface area contributed by atoms with Gasteiger partial charge in [0.1, 0.15) is 6.10 Å². The van der Waals surface area contributed by atoms with Crippen molar-refractivity contribution in [3.05, 3.63) is 22.2 Å². The first-order valence-electron chi connectivity index (χ1n) is 7.60. The van der Waals surface area contributed by atoms with Gasteiger partial charge in [-0.2, -0.15) is 0 Å². The Labute approximate surface area is 135 Å². The molecule has 1 aliphatic rings. The summed E-state index contributed by atoms with van der Waals surface area (Å²) in [6.45, 7) is 3.31. The average molecular weight is 358 g/mol. The van der Waals surface area contributed by atoms with Crippen LogP contribution in [0.3, 0.4) is 0 Å². The Morgan fingerprint density at radius 1 is 1.33 bits per heavy atom. The SMILES string of the molecule is CCOc1cc(CNC)cc(Br)c1OC1CCCCC1O. The van der Waals surface area contributed by atoms with Gasteiger partial charge in [-0.05, 0) is 66.9 Å². The predicted octanol–water partition coefficient (Wildman–Crippen LogP) is 3.25. The number of hydrogen-bond donors (Lipinski definition) is 2. The van der Waals surface area contributed by atoms with E-state index < -0.39 is 6.10 Å². The number of nitrogens with one attached hydrogen (secondary N) is 1. The molecule has 0 bridgehead atoms. The molecule has 0 aromatic heterocycles. The van der Waals surface area contributed by atoms with E-state index in [0.717, 1.165) is 48.0 Å². The van der Waals surface area contributed by atoms with Crippen LogP contribution in [0.5, 0.6) is 11.5 Å². The lowest BCUT2D eigenvalue weighted by atomic mass is 9.95. The summed E-state index contributed by atoms with van der Waals surface area (Å²) in [4.78, 5) is 0. The van der Waals surface area contributed by atoms with Crippen molar-refractivity contribution in [3.8, 4) is 11.5 Å². The van der Waals surface area contributed by atoms with E-state index in [1.165, 1.54) is 0 Å². The molecule has 2 atom stereocenters. The second kappa shape index (κ2) is 8.01. The van der Waals surface area contributed by atoms with Crippen molar-refractivity contribution < 1.29 is 14.6 Å². The van der Waals surface area contributed by atoms with Gasteiger partial charge in [-0.25, -0.2) is 0 Å². The molecule has 5 heteroatoms. The number of rotatable bonds is 6. The number of ether oxygens (including phenoxy) is 2. The Hall–Kier alpha value is -0.780. The van der Waals surface area contributed by atoms with Gasteiger partial charge in [0.05, 0.1) is 17.2 Å². The third kappa shape index (κ3) is 4.34. The molecule has 0 radical (unpaired) electrons. The summed E-state index contributed by atoms with van der Waals surface area (Å²) < 4.78 is 12.7. The van der Waals surface area contributed by atoms with Crippen molar-refractivity contribution >= 4 is 15.9 Å². The zero-order chi connectivity index (χ0) is 15.2. The molecule has 0 aliphatic heterocycles. The first kappa shape index (κ1) is 16.6. The van der Waals surface area contributed by atoms with Crippen molar-refractivity contribution in [1.82, 2.24) is 5.32 Å². The molecule has 0 spiro atoms. The van der Waals surface area contributed by atoms with Gasteiger partial charge >= 0.3 is 0 Å². The molecule has 118 valence electrons. The van der Waals surface area contributed by atoms with E-state index in [0.29, 0.717) is 12.4 Å². The summed E-state index contributed by atoms with van der Waals surface area (Å²) in [7, 11) is 1.91. The van der Waals surface area contributed by atoms with E-state index in [1.807, 2.05) is 26.1 Å². The van der Waals surface area contributed by atoms with Gasteiger partial charge in [-0.3, -0.25) is 0 Å². The summed E-state index contributed by atoms with van der Waals surface area (Å²) in [5, 5.41) is 13.2. The maximum absolute atomic E-state index is 10.1. The molecule has 2 rings (SSSR count). The quantitative estimate of drug-likeness (QED) is 0.820. The number of halogens is 1. The molecule has 2 N–H and O–H groups in total. The fourth-order valence-corrected chi connectivity index (χ4v) is 3.25. The monoisotopic (exact) mass is 357 g/mol. The molecule has 0 saturated heterocycles. The highest BCUT2D eigenvalue weighted by Gasteiger charge is 2.26. The van der Waals surface area contributed by atoms with Crippen molar-refractivity contribution in [3.63, 3.8) is 0 Å². The van der Waals surface area contributed by atoms with E-state index in [2.05, 4.69) is 21.2 Å². The fraction of sp³-hybridized carbons (Fsp3) is 0.625. The van der Waals surface area contributed by atoms with E-state index in [4.69, 9.17) is 9.47 Å². The van der Waals surface area contributed by atoms with Crippen molar-refractivity contribution in [1.29, 1.82) is 0 Å². The second-order valence-electron chi connectivity index (χ2n) is 5.38. The highest BCUT2D eigenvalue weighted by Crippen LogP contribution is 2.39. The molecule has 1 aromatic rings. The maximum Gasteiger partial charge on any atom is 0.175 e. The molecule has 1 saturated carbocycles. The zero-order valence-corrected chi connectivity index (χ0v) is 14.3. The molecular weight excluding hydrogens is 334 g/mol. The third-order valence-electron chi connectivity index (χ3n) is 3.69. The molecule has 4 nitrogen and oxygen atoms in total. The molecule has 0 heterocycles. The molecule has 1 aromatic carbocycles.